The van der Waals surface area contributed by atoms with Crippen molar-refractivity contribution in [2.75, 3.05) is 10.0 Å². The predicted octanol–water partition coefficient (Wildman–Crippen LogP) is 4.93. The summed E-state index contributed by atoms with van der Waals surface area (Å²) in [6.07, 6.45) is 1.50. The summed E-state index contributed by atoms with van der Waals surface area (Å²) < 4.78 is 27.0. The van der Waals surface area contributed by atoms with E-state index >= 15 is 0 Å². The number of sulfonamides is 1. The molecule has 0 bridgehead atoms. The highest BCUT2D eigenvalue weighted by Crippen LogP contribution is 2.31. The number of nitrogens with zero attached hydrogens (tertiary/aromatic N) is 1. The Bertz CT molecular complexity index is 979. The van der Waals surface area contributed by atoms with Crippen molar-refractivity contribution < 1.29 is 8.42 Å². The van der Waals surface area contributed by atoms with E-state index in [1.54, 1.807) is 48.5 Å². The van der Waals surface area contributed by atoms with Crippen LogP contribution in [0.2, 0.25) is 10.0 Å². The monoisotopic (exact) mass is 393 g/mol. The van der Waals surface area contributed by atoms with Gasteiger partial charge in [-0.3, -0.25) is 4.72 Å². The second-order valence-corrected chi connectivity index (χ2v) is 7.54. The van der Waals surface area contributed by atoms with Crippen LogP contribution in [-0.4, -0.2) is 13.4 Å². The third kappa shape index (κ3) is 4.22. The van der Waals surface area contributed by atoms with Gasteiger partial charge in [-0.25, -0.2) is 13.4 Å². The van der Waals surface area contributed by atoms with Crippen LogP contribution in [0, 0.1) is 0 Å². The van der Waals surface area contributed by atoms with E-state index in [1.807, 2.05) is 0 Å². The second kappa shape index (κ2) is 7.31. The van der Waals surface area contributed by atoms with Gasteiger partial charge in [-0.15, -0.1) is 0 Å². The molecule has 0 fully saturated rings. The number of hydrogen-bond acceptors (Lipinski definition) is 4. The molecule has 0 amide bonds. The van der Waals surface area contributed by atoms with Gasteiger partial charge in [-0.1, -0.05) is 47.5 Å². The number of rotatable bonds is 5. The molecule has 0 aliphatic heterocycles. The molecule has 128 valence electrons. The second-order valence-electron chi connectivity index (χ2n) is 5.08. The number of anilines is 3. The van der Waals surface area contributed by atoms with Crippen LogP contribution in [0.1, 0.15) is 0 Å². The highest BCUT2D eigenvalue weighted by molar-refractivity contribution is 7.92. The Kier molecular flexibility index (Phi) is 5.13. The van der Waals surface area contributed by atoms with Gasteiger partial charge < -0.3 is 5.32 Å². The van der Waals surface area contributed by atoms with E-state index in [4.69, 9.17) is 23.2 Å². The van der Waals surface area contributed by atoms with Crippen LogP contribution in [0.4, 0.5) is 17.2 Å². The van der Waals surface area contributed by atoms with Crippen LogP contribution in [0.3, 0.4) is 0 Å². The number of halogens is 2. The number of nitrogens with one attached hydrogen (secondary N) is 2. The number of benzene rings is 2. The third-order valence-corrected chi connectivity index (χ3v) is 5.48. The zero-order valence-electron chi connectivity index (χ0n) is 12.8. The summed E-state index contributed by atoms with van der Waals surface area (Å²) in [4.78, 5) is 4.28. The molecule has 0 atom stereocenters. The first-order valence-corrected chi connectivity index (χ1v) is 9.44. The number of hydrogen-bond donors (Lipinski definition) is 2. The lowest BCUT2D eigenvalue weighted by Gasteiger charge is -2.10. The van der Waals surface area contributed by atoms with Crippen molar-refractivity contribution in [1.29, 1.82) is 0 Å². The van der Waals surface area contributed by atoms with Crippen molar-refractivity contribution in [2.24, 2.45) is 0 Å². The first-order valence-electron chi connectivity index (χ1n) is 7.21. The molecular formula is C17H13Cl2N3O2S. The maximum absolute atomic E-state index is 12.3. The minimum atomic E-state index is -3.67. The molecule has 8 heteroatoms. The van der Waals surface area contributed by atoms with Crippen LogP contribution in [0.5, 0.6) is 0 Å². The standard InChI is InChI=1S/C17H13Cl2N3O2S/c18-14-7-4-8-15(17(14)19)21-12-9-10-16(20-11-12)22-25(23,24)13-5-2-1-3-6-13/h1-11,21H,(H,20,22). The summed E-state index contributed by atoms with van der Waals surface area (Å²) in [6.45, 7) is 0. The van der Waals surface area contributed by atoms with Gasteiger partial charge in [-0.05, 0) is 36.4 Å². The largest absolute Gasteiger partial charge is 0.353 e. The van der Waals surface area contributed by atoms with Crippen LogP contribution < -0.4 is 10.0 Å². The van der Waals surface area contributed by atoms with Crippen LogP contribution in [0.15, 0.2) is 71.8 Å². The summed E-state index contributed by atoms with van der Waals surface area (Å²) in [5.74, 6) is 0.214. The lowest BCUT2D eigenvalue weighted by Crippen LogP contribution is -2.13. The summed E-state index contributed by atoms with van der Waals surface area (Å²) in [7, 11) is -3.67. The van der Waals surface area contributed by atoms with Crippen molar-refractivity contribution >= 4 is 50.4 Å². The maximum Gasteiger partial charge on any atom is 0.263 e. The van der Waals surface area contributed by atoms with Crippen LogP contribution >= 0.6 is 23.2 Å². The van der Waals surface area contributed by atoms with Crippen molar-refractivity contribution in [1.82, 2.24) is 4.98 Å². The van der Waals surface area contributed by atoms with E-state index in [9.17, 15) is 8.42 Å². The molecule has 0 spiro atoms. The summed E-state index contributed by atoms with van der Waals surface area (Å²) in [5, 5.41) is 3.92. The third-order valence-electron chi connectivity index (χ3n) is 3.29. The molecule has 0 saturated carbocycles. The van der Waals surface area contributed by atoms with Gasteiger partial charge in [0.05, 0.1) is 32.5 Å². The molecule has 2 aromatic carbocycles. The Morgan fingerprint density at radius 1 is 0.880 bits per heavy atom. The van der Waals surface area contributed by atoms with Gasteiger partial charge in [0.2, 0.25) is 0 Å². The van der Waals surface area contributed by atoms with Gasteiger partial charge in [-0.2, -0.15) is 0 Å². The summed E-state index contributed by atoms with van der Waals surface area (Å²) in [6, 6.07) is 16.6. The topological polar surface area (TPSA) is 71.1 Å². The lowest BCUT2D eigenvalue weighted by atomic mass is 10.3. The fraction of sp³-hybridized carbons (Fsp3) is 0. The van der Waals surface area contributed by atoms with Crippen molar-refractivity contribution in [3.05, 3.63) is 76.9 Å². The first kappa shape index (κ1) is 17.5. The predicted molar refractivity (Wildman–Crippen MR) is 101 cm³/mol. The molecular weight excluding hydrogens is 381 g/mol. The van der Waals surface area contributed by atoms with Gasteiger partial charge in [0.15, 0.2) is 0 Å². The molecule has 3 rings (SSSR count). The van der Waals surface area contributed by atoms with Crippen molar-refractivity contribution in [3.63, 3.8) is 0 Å². The Morgan fingerprint density at radius 2 is 1.64 bits per heavy atom. The quantitative estimate of drug-likeness (QED) is 0.644. The van der Waals surface area contributed by atoms with E-state index in [-0.39, 0.29) is 10.7 Å². The van der Waals surface area contributed by atoms with E-state index in [2.05, 4.69) is 15.0 Å². The van der Waals surface area contributed by atoms with E-state index in [0.717, 1.165) is 0 Å². The Hall–Kier alpha value is -2.28. The Morgan fingerprint density at radius 3 is 2.32 bits per heavy atom. The number of aromatic nitrogens is 1. The molecule has 3 aromatic rings. The minimum absolute atomic E-state index is 0.171. The molecule has 0 unspecified atom stereocenters. The lowest BCUT2D eigenvalue weighted by molar-refractivity contribution is 0.601. The molecule has 1 heterocycles. The Labute approximate surface area is 155 Å². The SMILES string of the molecule is O=S(=O)(Nc1ccc(Nc2cccc(Cl)c2Cl)cn1)c1ccccc1. The van der Waals surface area contributed by atoms with Crippen LogP contribution in [-0.2, 0) is 10.0 Å². The highest BCUT2D eigenvalue weighted by Gasteiger charge is 2.14. The average Bonchev–Trinajstić information content (AvgIpc) is 2.61. The van der Waals surface area contributed by atoms with Gasteiger partial charge >= 0.3 is 0 Å². The molecule has 0 saturated heterocycles. The highest BCUT2D eigenvalue weighted by atomic mass is 35.5. The first-order chi connectivity index (χ1) is 12.0. The zero-order valence-corrected chi connectivity index (χ0v) is 15.1. The van der Waals surface area contributed by atoms with E-state index in [1.165, 1.54) is 18.3 Å². The van der Waals surface area contributed by atoms with Gasteiger partial charge in [0.1, 0.15) is 5.82 Å². The summed E-state index contributed by atoms with van der Waals surface area (Å²) >= 11 is 12.1. The van der Waals surface area contributed by atoms with Crippen molar-refractivity contribution in [3.8, 4) is 0 Å². The molecule has 5 nitrogen and oxygen atoms in total. The van der Waals surface area contributed by atoms with E-state index in [0.29, 0.717) is 21.4 Å². The fourth-order valence-corrected chi connectivity index (χ4v) is 3.46. The van der Waals surface area contributed by atoms with Gasteiger partial charge in [0.25, 0.3) is 10.0 Å². The summed E-state index contributed by atoms with van der Waals surface area (Å²) in [5.41, 5.74) is 1.28. The smallest absolute Gasteiger partial charge is 0.263 e. The molecule has 2 N–H and O–H groups in total. The maximum atomic E-state index is 12.3. The molecule has 1 aromatic heterocycles. The average molecular weight is 394 g/mol. The van der Waals surface area contributed by atoms with Gasteiger partial charge in [0, 0.05) is 0 Å². The fourth-order valence-electron chi connectivity index (χ4n) is 2.08. The van der Waals surface area contributed by atoms with E-state index < -0.39 is 10.0 Å². The minimum Gasteiger partial charge on any atom is -0.353 e. The number of pyridine rings is 1. The van der Waals surface area contributed by atoms with Crippen LogP contribution in [0.25, 0.3) is 0 Å². The molecule has 0 aliphatic carbocycles. The zero-order chi connectivity index (χ0) is 17.9. The molecule has 0 radical (unpaired) electrons. The molecule has 0 aliphatic rings. The van der Waals surface area contributed by atoms with Crippen molar-refractivity contribution in [2.45, 2.75) is 4.90 Å². The molecule has 25 heavy (non-hydrogen) atoms. The Balaban J connectivity index is 1.76. The normalized spacial score (nSPS) is 11.1.